The molecule has 0 aromatic carbocycles. The normalized spacial score (nSPS) is 22.8. The van der Waals surface area contributed by atoms with E-state index in [1.54, 1.807) is 10.3 Å². The zero-order valence-electron chi connectivity index (χ0n) is 13.9. The summed E-state index contributed by atoms with van der Waals surface area (Å²) in [6.07, 6.45) is 1.46. The van der Waals surface area contributed by atoms with Crippen LogP contribution in [0.15, 0.2) is 16.3 Å². The van der Waals surface area contributed by atoms with Gasteiger partial charge >= 0.3 is 5.97 Å². The van der Waals surface area contributed by atoms with Crippen LogP contribution in [0.25, 0.3) is 0 Å². The highest BCUT2D eigenvalue weighted by atomic mass is 32.2. The smallest absolute Gasteiger partial charge is 0.349 e. The van der Waals surface area contributed by atoms with Gasteiger partial charge in [-0.05, 0) is 24.3 Å². The van der Waals surface area contributed by atoms with Gasteiger partial charge in [-0.15, -0.1) is 11.3 Å². The van der Waals surface area contributed by atoms with Gasteiger partial charge in [0.15, 0.2) is 0 Å². The molecule has 3 rings (SSSR count). The first-order chi connectivity index (χ1) is 11.9. The molecule has 0 bridgehead atoms. The second-order valence-corrected chi connectivity index (χ2v) is 8.85. The molecule has 1 amide bonds. The van der Waals surface area contributed by atoms with Crippen molar-refractivity contribution in [1.29, 1.82) is 0 Å². The molecular formula is C15H21N3O5S2. The third kappa shape index (κ3) is 3.57. The van der Waals surface area contributed by atoms with Crippen molar-refractivity contribution in [2.75, 3.05) is 39.8 Å². The summed E-state index contributed by atoms with van der Waals surface area (Å²) in [5.74, 6) is -0.652. The number of ether oxygens (including phenoxy) is 1. The molecule has 10 heteroatoms. The van der Waals surface area contributed by atoms with Crippen molar-refractivity contribution < 1.29 is 22.7 Å². The number of piperidine rings is 1. The van der Waals surface area contributed by atoms with Crippen LogP contribution in [0.3, 0.4) is 0 Å². The second-order valence-electron chi connectivity index (χ2n) is 6.03. The summed E-state index contributed by atoms with van der Waals surface area (Å²) in [6, 6.07) is 1.31. The Morgan fingerprint density at radius 2 is 2.20 bits per heavy atom. The van der Waals surface area contributed by atoms with E-state index in [9.17, 15) is 18.0 Å². The van der Waals surface area contributed by atoms with E-state index in [1.165, 1.54) is 17.5 Å². The van der Waals surface area contributed by atoms with E-state index in [4.69, 9.17) is 0 Å². The van der Waals surface area contributed by atoms with E-state index in [0.29, 0.717) is 32.6 Å². The summed E-state index contributed by atoms with van der Waals surface area (Å²) in [7, 11) is -2.58. The Hall–Kier alpha value is -1.49. The molecule has 1 aromatic heterocycles. The number of sulfonamides is 1. The van der Waals surface area contributed by atoms with Gasteiger partial charge in [-0.1, -0.05) is 0 Å². The predicted octanol–water partition coefficient (Wildman–Crippen LogP) is 0.120. The first-order valence-corrected chi connectivity index (χ1v) is 10.4. The number of carbonyl (C=O) groups is 2. The van der Waals surface area contributed by atoms with Crippen LogP contribution in [0.4, 0.5) is 0 Å². The van der Waals surface area contributed by atoms with Crippen molar-refractivity contribution in [1.82, 2.24) is 14.5 Å². The van der Waals surface area contributed by atoms with Gasteiger partial charge in [0.05, 0.1) is 13.7 Å². The van der Waals surface area contributed by atoms with E-state index in [-0.39, 0.29) is 28.3 Å². The number of carbonyl (C=O) groups excluding carboxylic acids is 2. The first-order valence-electron chi connectivity index (χ1n) is 8.11. The molecule has 0 radical (unpaired) electrons. The Bertz CT molecular complexity index is 761. The van der Waals surface area contributed by atoms with Gasteiger partial charge < -0.3 is 15.0 Å². The van der Waals surface area contributed by atoms with Crippen molar-refractivity contribution in [3.05, 3.63) is 16.3 Å². The average Bonchev–Trinajstić information content (AvgIpc) is 3.12. The van der Waals surface area contributed by atoms with E-state index in [2.05, 4.69) is 10.1 Å². The highest BCUT2D eigenvalue weighted by Crippen LogP contribution is 2.29. The Morgan fingerprint density at radius 1 is 1.40 bits per heavy atom. The van der Waals surface area contributed by atoms with Crippen LogP contribution >= 0.6 is 11.3 Å². The van der Waals surface area contributed by atoms with Crippen molar-refractivity contribution in [2.24, 2.45) is 0 Å². The maximum atomic E-state index is 13.0. The van der Waals surface area contributed by atoms with Crippen molar-refractivity contribution in [3.63, 3.8) is 0 Å². The molecular weight excluding hydrogens is 366 g/mol. The number of hydrogen-bond acceptors (Lipinski definition) is 7. The lowest BCUT2D eigenvalue weighted by molar-refractivity contribution is -0.135. The summed E-state index contributed by atoms with van der Waals surface area (Å²) >= 11 is 1.05. The molecule has 2 aliphatic rings. The molecule has 1 unspecified atom stereocenters. The number of esters is 1. The fourth-order valence-electron chi connectivity index (χ4n) is 3.28. The second kappa shape index (κ2) is 7.40. The van der Waals surface area contributed by atoms with Crippen LogP contribution in [0.5, 0.6) is 0 Å². The van der Waals surface area contributed by atoms with Crippen LogP contribution in [0, 0.1) is 0 Å². The number of nitrogens with one attached hydrogen (secondary N) is 1. The van der Waals surface area contributed by atoms with Gasteiger partial charge in [-0.2, -0.15) is 4.31 Å². The molecule has 8 nitrogen and oxygen atoms in total. The van der Waals surface area contributed by atoms with Crippen LogP contribution in [0.2, 0.25) is 0 Å². The van der Waals surface area contributed by atoms with Crippen LogP contribution in [-0.4, -0.2) is 75.4 Å². The Kier molecular flexibility index (Phi) is 5.42. The fraction of sp³-hybridized carbons (Fsp3) is 0.600. The zero-order valence-corrected chi connectivity index (χ0v) is 15.6. The summed E-state index contributed by atoms with van der Waals surface area (Å²) < 4.78 is 32.1. The standard InChI is InChI=1S/C15H21N3O5S2/c1-23-15(20)14-12(4-8-24-14)25(21,22)17-6-2-3-11(10-17)18-7-5-16-9-13(18)19/h4,8,11,16H,2-3,5-7,9-10H2,1H3. The minimum Gasteiger partial charge on any atom is -0.465 e. The minimum absolute atomic E-state index is 0.00119. The SMILES string of the molecule is COC(=O)c1sccc1S(=O)(=O)N1CCCC(N2CCNCC2=O)C1. The molecule has 1 atom stereocenters. The molecule has 0 aliphatic carbocycles. The van der Waals surface area contributed by atoms with Gasteiger partial charge in [-0.25, -0.2) is 13.2 Å². The lowest BCUT2D eigenvalue weighted by atomic mass is 10.1. The molecule has 25 heavy (non-hydrogen) atoms. The van der Waals surface area contributed by atoms with Crippen molar-refractivity contribution in [3.8, 4) is 0 Å². The highest BCUT2D eigenvalue weighted by Gasteiger charge is 2.37. The Morgan fingerprint density at radius 3 is 2.92 bits per heavy atom. The molecule has 2 fully saturated rings. The van der Waals surface area contributed by atoms with Crippen LogP contribution < -0.4 is 5.32 Å². The Labute approximate surface area is 150 Å². The van der Waals surface area contributed by atoms with Crippen LogP contribution in [0.1, 0.15) is 22.5 Å². The molecule has 3 heterocycles. The monoisotopic (exact) mass is 387 g/mol. The number of nitrogens with zero attached hydrogens (tertiary/aromatic N) is 2. The van der Waals surface area contributed by atoms with Crippen molar-refractivity contribution >= 4 is 33.2 Å². The predicted molar refractivity (Wildman–Crippen MR) is 92.0 cm³/mol. The molecule has 0 spiro atoms. The number of hydrogen-bond donors (Lipinski definition) is 1. The first kappa shape index (κ1) is 18.3. The van der Waals surface area contributed by atoms with Gasteiger partial charge in [0.2, 0.25) is 15.9 Å². The van der Waals surface area contributed by atoms with Gasteiger partial charge in [0.1, 0.15) is 9.77 Å². The molecule has 2 saturated heterocycles. The summed E-state index contributed by atoms with van der Waals surface area (Å²) in [5, 5.41) is 4.59. The van der Waals surface area contributed by atoms with E-state index >= 15 is 0 Å². The van der Waals surface area contributed by atoms with E-state index in [0.717, 1.165) is 17.8 Å². The molecule has 1 aromatic rings. The van der Waals surface area contributed by atoms with Crippen LogP contribution in [-0.2, 0) is 19.6 Å². The number of thiophene rings is 1. The molecule has 2 aliphatic heterocycles. The molecule has 1 N–H and O–H groups in total. The lowest BCUT2D eigenvalue weighted by Crippen LogP contribution is -2.57. The number of rotatable bonds is 4. The topological polar surface area (TPSA) is 96.0 Å². The third-order valence-corrected chi connectivity index (χ3v) is 7.47. The van der Waals surface area contributed by atoms with Gasteiger partial charge in [-0.3, -0.25) is 4.79 Å². The summed E-state index contributed by atoms with van der Waals surface area (Å²) in [6.45, 7) is 2.23. The van der Waals surface area contributed by atoms with E-state index in [1.807, 2.05) is 0 Å². The third-order valence-electron chi connectivity index (χ3n) is 4.54. The number of methoxy groups -OCH3 is 1. The Balaban J connectivity index is 1.82. The maximum Gasteiger partial charge on any atom is 0.349 e. The average molecular weight is 387 g/mol. The van der Waals surface area contributed by atoms with Gasteiger partial charge in [0, 0.05) is 32.2 Å². The van der Waals surface area contributed by atoms with E-state index < -0.39 is 16.0 Å². The number of amides is 1. The fourth-order valence-corrected chi connectivity index (χ4v) is 6.11. The summed E-state index contributed by atoms with van der Waals surface area (Å²) in [5.41, 5.74) is 0. The minimum atomic E-state index is -3.80. The summed E-state index contributed by atoms with van der Waals surface area (Å²) in [4.78, 5) is 25.8. The largest absolute Gasteiger partial charge is 0.465 e. The number of piperazine rings is 1. The maximum absolute atomic E-state index is 13.0. The highest BCUT2D eigenvalue weighted by molar-refractivity contribution is 7.89. The molecule has 138 valence electrons. The lowest BCUT2D eigenvalue weighted by Gasteiger charge is -2.40. The van der Waals surface area contributed by atoms with Gasteiger partial charge in [0.25, 0.3) is 0 Å². The molecule has 0 saturated carbocycles. The quantitative estimate of drug-likeness (QED) is 0.738. The zero-order chi connectivity index (χ0) is 18.0. The van der Waals surface area contributed by atoms with Crippen molar-refractivity contribution in [2.45, 2.75) is 23.8 Å².